The van der Waals surface area contributed by atoms with Crippen molar-refractivity contribution in [1.82, 2.24) is 5.32 Å². The topological polar surface area (TPSA) is 21.3 Å². The van der Waals surface area contributed by atoms with Crippen LogP contribution in [0.4, 0.5) is 0 Å². The lowest BCUT2D eigenvalue weighted by molar-refractivity contribution is 0.395. The average molecular weight is 233 g/mol. The number of para-hydroxylation sites is 1. The van der Waals surface area contributed by atoms with Crippen LogP contribution in [0.25, 0.3) is 0 Å². The van der Waals surface area contributed by atoms with Gasteiger partial charge in [-0.25, -0.2) is 0 Å². The third kappa shape index (κ3) is 4.23. The Balaban J connectivity index is 2.81. The van der Waals surface area contributed by atoms with Crippen molar-refractivity contribution < 1.29 is 4.74 Å². The van der Waals surface area contributed by atoms with E-state index in [9.17, 15) is 0 Å². The van der Waals surface area contributed by atoms with E-state index in [0.29, 0.717) is 6.04 Å². The van der Waals surface area contributed by atoms with Gasteiger partial charge in [0.1, 0.15) is 5.75 Å². The number of benzene rings is 1. The standard InChI is InChI=1S/C15H23NO/c1-4-6-10-14(16-12-5-2)13-9-7-8-11-15(13)17-3/h4,7-9,11,14,16H,1,5-6,10,12H2,2-3H3. The van der Waals surface area contributed by atoms with Crippen LogP contribution in [-0.4, -0.2) is 13.7 Å². The minimum absolute atomic E-state index is 0.351. The van der Waals surface area contributed by atoms with E-state index in [2.05, 4.69) is 31.0 Å². The highest BCUT2D eigenvalue weighted by Crippen LogP contribution is 2.27. The summed E-state index contributed by atoms with van der Waals surface area (Å²) in [7, 11) is 1.73. The number of ether oxygens (including phenoxy) is 1. The molecule has 0 bridgehead atoms. The van der Waals surface area contributed by atoms with Crippen molar-refractivity contribution in [3.63, 3.8) is 0 Å². The molecule has 0 saturated carbocycles. The molecule has 1 rings (SSSR count). The van der Waals surface area contributed by atoms with Crippen LogP contribution in [0, 0.1) is 0 Å². The van der Waals surface area contributed by atoms with Crippen LogP contribution in [0.3, 0.4) is 0 Å². The Morgan fingerprint density at radius 2 is 2.18 bits per heavy atom. The van der Waals surface area contributed by atoms with Crippen molar-refractivity contribution in [3.8, 4) is 5.75 Å². The molecule has 0 radical (unpaired) electrons. The lowest BCUT2D eigenvalue weighted by Crippen LogP contribution is -2.22. The molecule has 2 heteroatoms. The highest BCUT2D eigenvalue weighted by Gasteiger charge is 2.13. The minimum atomic E-state index is 0.351. The minimum Gasteiger partial charge on any atom is -0.496 e. The zero-order valence-electron chi connectivity index (χ0n) is 10.9. The largest absolute Gasteiger partial charge is 0.496 e. The Morgan fingerprint density at radius 3 is 2.82 bits per heavy atom. The number of nitrogens with one attached hydrogen (secondary N) is 1. The van der Waals surface area contributed by atoms with Crippen LogP contribution >= 0.6 is 0 Å². The number of methoxy groups -OCH3 is 1. The van der Waals surface area contributed by atoms with E-state index < -0.39 is 0 Å². The molecule has 1 atom stereocenters. The summed E-state index contributed by atoms with van der Waals surface area (Å²) in [4.78, 5) is 0. The van der Waals surface area contributed by atoms with Gasteiger partial charge in [0.15, 0.2) is 0 Å². The lowest BCUT2D eigenvalue weighted by atomic mass is 10.0. The molecule has 0 aliphatic carbocycles. The molecule has 1 aromatic carbocycles. The van der Waals surface area contributed by atoms with Crippen LogP contribution in [0.15, 0.2) is 36.9 Å². The highest BCUT2D eigenvalue weighted by atomic mass is 16.5. The van der Waals surface area contributed by atoms with Gasteiger partial charge in [0, 0.05) is 11.6 Å². The quantitative estimate of drug-likeness (QED) is 0.691. The van der Waals surface area contributed by atoms with E-state index in [1.165, 1.54) is 5.56 Å². The van der Waals surface area contributed by atoms with Crippen molar-refractivity contribution in [1.29, 1.82) is 0 Å². The molecule has 0 amide bonds. The molecule has 1 N–H and O–H groups in total. The van der Waals surface area contributed by atoms with Crippen LogP contribution in [0.2, 0.25) is 0 Å². The second-order valence-electron chi connectivity index (χ2n) is 4.11. The second kappa shape index (κ2) is 7.91. The van der Waals surface area contributed by atoms with E-state index in [0.717, 1.165) is 31.6 Å². The van der Waals surface area contributed by atoms with Crippen molar-refractivity contribution >= 4 is 0 Å². The van der Waals surface area contributed by atoms with E-state index in [-0.39, 0.29) is 0 Å². The molecule has 1 unspecified atom stereocenters. The molecule has 0 spiro atoms. The zero-order chi connectivity index (χ0) is 12.5. The van der Waals surface area contributed by atoms with Crippen molar-refractivity contribution in [3.05, 3.63) is 42.5 Å². The predicted molar refractivity (Wildman–Crippen MR) is 73.5 cm³/mol. The van der Waals surface area contributed by atoms with Gasteiger partial charge in [-0.05, 0) is 31.9 Å². The zero-order valence-corrected chi connectivity index (χ0v) is 10.9. The first-order chi connectivity index (χ1) is 8.33. The molecule has 0 fully saturated rings. The molecular weight excluding hydrogens is 210 g/mol. The number of allylic oxidation sites excluding steroid dienone is 1. The smallest absolute Gasteiger partial charge is 0.123 e. The van der Waals surface area contributed by atoms with E-state index in [1.54, 1.807) is 7.11 Å². The number of hydrogen-bond acceptors (Lipinski definition) is 2. The van der Waals surface area contributed by atoms with Crippen LogP contribution < -0.4 is 10.1 Å². The first-order valence-electron chi connectivity index (χ1n) is 6.30. The monoisotopic (exact) mass is 233 g/mol. The van der Waals surface area contributed by atoms with Gasteiger partial charge >= 0.3 is 0 Å². The third-order valence-corrected chi connectivity index (χ3v) is 2.81. The maximum absolute atomic E-state index is 5.42. The Hall–Kier alpha value is -1.28. The van der Waals surface area contributed by atoms with Gasteiger partial charge in [-0.3, -0.25) is 0 Å². The summed E-state index contributed by atoms with van der Waals surface area (Å²) in [6.07, 6.45) is 5.18. The first-order valence-corrected chi connectivity index (χ1v) is 6.30. The summed E-state index contributed by atoms with van der Waals surface area (Å²) in [6.45, 7) is 7.00. The Kier molecular flexibility index (Phi) is 6.41. The fourth-order valence-electron chi connectivity index (χ4n) is 1.92. The van der Waals surface area contributed by atoms with Crippen LogP contribution in [0.5, 0.6) is 5.75 Å². The van der Waals surface area contributed by atoms with Gasteiger partial charge in [0.25, 0.3) is 0 Å². The summed E-state index contributed by atoms with van der Waals surface area (Å²) in [5.74, 6) is 0.963. The molecule has 0 aliphatic rings. The number of hydrogen-bond donors (Lipinski definition) is 1. The van der Waals surface area contributed by atoms with Gasteiger partial charge in [-0.1, -0.05) is 31.2 Å². The molecule has 0 saturated heterocycles. The third-order valence-electron chi connectivity index (χ3n) is 2.81. The van der Waals surface area contributed by atoms with Gasteiger partial charge in [0.2, 0.25) is 0 Å². The average Bonchev–Trinajstić information content (AvgIpc) is 2.39. The van der Waals surface area contributed by atoms with Crippen LogP contribution in [-0.2, 0) is 0 Å². The second-order valence-corrected chi connectivity index (χ2v) is 4.11. The molecule has 1 aromatic rings. The summed E-state index contributed by atoms with van der Waals surface area (Å²) in [5.41, 5.74) is 1.24. The van der Waals surface area contributed by atoms with Crippen LogP contribution in [0.1, 0.15) is 37.8 Å². The molecule has 0 aromatic heterocycles. The Labute approximate surface area is 105 Å². The van der Waals surface area contributed by atoms with Crippen molar-refractivity contribution in [2.75, 3.05) is 13.7 Å². The molecule has 2 nitrogen and oxygen atoms in total. The van der Waals surface area contributed by atoms with E-state index in [1.807, 2.05) is 18.2 Å². The van der Waals surface area contributed by atoms with Crippen molar-refractivity contribution in [2.45, 2.75) is 32.2 Å². The Bertz CT molecular complexity index is 335. The summed E-state index contributed by atoms with van der Waals surface area (Å²) >= 11 is 0. The molecular formula is C15H23NO. The predicted octanol–water partition coefficient (Wildman–Crippen LogP) is 3.70. The van der Waals surface area contributed by atoms with Gasteiger partial charge in [-0.15, -0.1) is 6.58 Å². The Morgan fingerprint density at radius 1 is 1.41 bits per heavy atom. The number of rotatable bonds is 8. The summed E-state index contributed by atoms with van der Waals surface area (Å²) in [6, 6.07) is 8.57. The van der Waals surface area contributed by atoms with Crippen molar-refractivity contribution in [2.24, 2.45) is 0 Å². The molecule has 94 valence electrons. The first kappa shape index (κ1) is 13.8. The maximum Gasteiger partial charge on any atom is 0.123 e. The van der Waals surface area contributed by atoms with E-state index in [4.69, 9.17) is 4.74 Å². The SMILES string of the molecule is C=CCCC(NCCC)c1ccccc1OC. The van der Waals surface area contributed by atoms with Gasteiger partial charge in [0.05, 0.1) is 7.11 Å². The van der Waals surface area contributed by atoms with Gasteiger partial charge < -0.3 is 10.1 Å². The molecule has 17 heavy (non-hydrogen) atoms. The van der Waals surface area contributed by atoms with Gasteiger partial charge in [-0.2, -0.15) is 0 Å². The fraction of sp³-hybridized carbons (Fsp3) is 0.467. The molecule has 0 heterocycles. The van der Waals surface area contributed by atoms with E-state index >= 15 is 0 Å². The fourth-order valence-corrected chi connectivity index (χ4v) is 1.92. The normalized spacial score (nSPS) is 12.1. The highest BCUT2D eigenvalue weighted by molar-refractivity contribution is 5.35. The lowest BCUT2D eigenvalue weighted by Gasteiger charge is -2.20. The molecule has 0 aliphatic heterocycles. The summed E-state index contributed by atoms with van der Waals surface area (Å²) in [5, 5.41) is 3.57. The summed E-state index contributed by atoms with van der Waals surface area (Å²) < 4.78 is 5.42. The maximum atomic E-state index is 5.42.